The lowest BCUT2D eigenvalue weighted by Crippen LogP contribution is -2.48. The van der Waals surface area contributed by atoms with Gasteiger partial charge in [-0.1, -0.05) is 19.1 Å². The first-order valence-electron chi connectivity index (χ1n) is 9.62. The van der Waals surface area contributed by atoms with E-state index >= 15 is 0 Å². The van der Waals surface area contributed by atoms with Gasteiger partial charge in [-0.25, -0.2) is 0 Å². The Labute approximate surface area is 181 Å². The van der Waals surface area contributed by atoms with Crippen LogP contribution in [0.3, 0.4) is 0 Å². The van der Waals surface area contributed by atoms with Crippen LogP contribution in [0.4, 0.5) is 5.69 Å². The number of carbonyl (C=O) groups excluding carboxylic acids is 4. The van der Waals surface area contributed by atoms with Crippen molar-refractivity contribution in [1.29, 1.82) is 0 Å². The van der Waals surface area contributed by atoms with E-state index in [-0.39, 0.29) is 36.7 Å². The molecule has 0 bridgehead atoms. The van der Waals surface area contributed by atoms with E-state index in [0.717, 1.165) is 11.1 Å². The molecular weight excluding hydrogens is 408 g/mol. The molecule has 0 aromatic heterocycles. The molecular formula is C20H28N4O5S. The van der Waals surface area contributed by atoms with Crippen molar-refractivity contribution in [2.75, 3.05) is 11.9 Å². The van der Waals surface area contributed by atoms with Gasteiger partial charge in [-0.2, -0.15) is 0 Å². The van der Waals surface area contributed by atoms with Gasteiger partial charge in [0.1, 0.15) is 0 Å². The number of hydrogen-bond acceptors (Lipinski definition) is 6. The monoisotopic (exact) mass is 436 g/mol. The van der Waals surface area contributed by atoms with Gasteiger partial charge in [-0.05, 0) is 49.7 Å². The van der Waals surface area contributed by atoms with Crippen LogP contribution < -0.4 is 21.5 Å². The number of benzene rings is 1. The molecule has 0 spiro atoms. The third-order valence-corrected chi connectivity index (χ3v) is 4.04. The smallest absolute Gasteiger partial charge is 0.306 e. The molecule has 3 amide bonds. The highest BCUT2D eigenvalue weighted by atomic mass is 32.1. The second-order valence-electron chi connectivity index (χ2n) is 6.64. The summed E-state index contributed by atoms with van der Waals surface area (Å²) in [5.74, 6) is -1.70. The summed E-state index contributed by atoms with van der Waals surface area (Å²) in [6.45, 7) is 5.99. The lowest BCUT2D eigenvalue weighted by atomic mass is 10.1. The Morgan fingerprint density at radius 2 is 1.60 bits per heavy atom. The van der Waals surface area contributed by atoms with Gasteiger partial charge in [0.05, 0.1) is 13.0 Å². The molecule has 1 rings (SSSR count). The van der Waals surface area contributed by atoms with Crippen molar-refractivity contribution >= 4 is 46.7 Å². The van der Waals surface area contributed by atoms with E-state index in [2.05, 4.69) is 21.5 Å². The highest BCUT2D eigenvalue weighted by Crippen LogP contribution is 2.16. The van der Waals surface area contributed by atoms with Crippen LogP contribution in [0.5, 0.6) is 0 Å². The molecule has 10 heteroatoms. The number of thiocarbonyl (C=S) groups is 1. The molecule has 1 aromatic rings. The Bertz CT molecular complexity index is 797. The van der Waals surface area contributed by atoms with E-state index in [0.29, 0.717) is 18.7 Å². The molecule has 9 nitrogen and oxygen atoms in total. The fraction of sp³-hybridized carbons (Fsp3) is 0.450. The van der Waals surface area contributed by atoms with Crippen molar-refractivity contribution in [2.45, 2.75) is 52.9 Å². The third kappa shape index (κ3) is 10.5. The number of rotatable bonds is 9. The topological polar surface area (TPSA) is 126 Å². The maximum atomic E-state index is 12.0. The van der Waals surface area contributed by atoms with Crippen LogP contribution in [0.25, 0.3) is 0 Å². The largest absolute Gasteiger partial charge is 0.466 e. The maximum Gasteiger partial charge on any atom is 0.306 e. The Balaban J connectivity index is 2.24. The van der Waals surface area contributed by atoms with Crippen LogP contribution in [0, 0.1) is 13.8 Å². The second-order valence-corrected chi connectivity index (χ2v) is 7.05. The minimum Gasteiger partial charge on any atom is -0.466 e. The summed E-state index contributed by atoms with van der Waals surface area (Å²) >= 11 is 4.89. The van der Waals surface area contributed by atoms with Gasteiger partial charge in [-0.3, -0.25) is 30.0 Å². The van der Waals surface area contributed by atoms with Crippen molar-refractivity contribution < 1.29 is 23.9 Å². The van der Waals surface area contributed by atoms with Gasteiger partial charge in [-0.15, -0.1) is 0 Å². The lowest BCUT2D eigenvalue weighted by Gasteiger charge is -2.11. The average Bonchev–Trinajstić information content (AvgIpc) is 2.70. The summed E-state index contributed by atoms with van der Waals surface area (Å²) in [5.41, 5.74) is 7.34. The molecule has 0 atom stereocenters. The van der Waals surface area contributed by atoms with Crippen LogP contribution in [0.15, 0.2) is 18.2 Å². The lowest BCUT2D eigenvalue weighted by molar-refractivity contribution is -0.144. The van der Waals surface area contributed by atoms with Gasteiger partial charge in [0, 0.05) is 24.9 Å². The predicted molar refractivity (Wildman–Crippen MR) is 116 cm³/mol. The van der Waals surface area contributed by atoms with Gasteiger partial charge < -0.3 is 15.4 Å². The summed E-state index contributed by atoms with van der Waals surface area (Å²) < 4.78 is 4.86. The van der Waals surface area contributed by atoms with E-state index in [1.54, 1.807) is 0 Å². The number of amides is 3. The van der Waals surface area contributed by atoms with Crippen LogP contribution in [-0.4, -0.2) is 35.4 Å². The fourth-order valence-electron chi connectivity index (χ4n) is 2.22. The summed E-state index contributed by atoms with van der Waals surface area (Å²) in [4.78, 5) is 46.9. The maximum absolute atomic E-state index is 12.0. The van der Waals surface area contributed by atoms with E-state index < -0.39 is 17.8 Å². The summed E-state index contributed by atoms with van der Waals surface area (Å²) in [5, 5.41) is 4.99. The second kappa shape index (κ2) is 13.3. The highest BCUT2D eigenvalue weighted by molar-refractivity contribution is 7.80. The number of hydrogen-bond donors (Lipinski definition) is 4. The minimum absolute atomic E-state index is 0.0140. The van der Waals surface area contributed by atoms with Crippen LogP contribution in [0.1, 0.15) is 50.2 Å². The molecule has 4 N–H and O–H groups in total. The first kappa shape index (κ1) is 25.0. The number of carbonyl (C=O) groups is 4. The molecule has 0 aliphatic carbocycles. The minimum atomic E-state index is -0.483. The zero-order chi connectivity index (χ0) is 22.5. The molecule has 0 fully saturated rings. The molecule has 0 unspecified atom stereocenters. The summed E-state index contributed by atoms with van der Waals surface area (Å²) in [7, 11) is 0. The van der Waals surface area contributed by atoms with Crippen molar-refractivity contribution in [3.8, 4) is 0 Å². The molecule has 0 aliphatic rings. The van der Waals surface area contributed by atoms with Gasteiger partial charge in [0.2, 0.25) is 17.7 Å². The molecule has 0 saturated carbocycles. The van der Waals surface area contributed by atoms with E-state index in [4.69, 9.17) is 17.0 Å². The molecule has 0 heterocycles. The van der Waals surface area contributed by atoms with Gasteiger partial charge in [0.25, 0.3) is 0 Å². The molecule has 0 saturated heterocycles. The quantitative estimate of drug-likeness (QED) is 0.264. The standard InChI is InChI=1S/C20H28N4O5S/c1-4-11-29-19(28)10-9-17(26)22-20(30)24-23-18(27)8-7-16(25)21-15-12-13(2)5-6-14(15)3/h5-6,12H,4,7-11H2,1-3H3,(H,21,25)(H,23,27)(H2,22,24,26,30). The van der Waals surface area contributed by atoms with Crippen LogP contribution in [0.2, 0.25) is 0 Å². The van der Waals surface area contributed by atoms with Crippen molar-refractivity contribution in [2.24, 2.45) is 0 Å². The van der Waals surface area contributed by atoms with Gasteiger partial charge >= 0.3 is 5.97 Å². The summed E-state index contributed by atoms with van der Waals surface area (Å²) in [6.07, 6.45) is 0.482. The van der Waals surface area contributed by atoms with Crippen LogP contribution in [-0.2, 0) is 23.9 Å². The van der Waals surface area contributed by atoms with E-state index in [9.17, 15) is 19.2 Å². The molecule has 164 valence electrons. The highest BCUT2D eigenvalue weighted by Gasteiger charge is 2.11. The number of esters is 1. The average molecular weight is 437 g/mol. The van der Waals surface area contributed by atoms with Crippen molar-refractivity contribution in [3.63, 3.8) is 0 Å². The zero-order valence-electron chi connectivity index (χ0n) is 17.4. The fourth-order valence-corrected chi connectivity index (χ4v) is 2.39. The number of aryl methyl sites for hydroxylation is 2. The number of hydrazine groups is 1. The van der Waals surface area contributed by atoms with Crippen molar-refractivity contribution in [1.82, 2.24) is 16.2 Å². The first-order valence-corrected chi connectivity index (χ1v) is 10.0. The van der Waals surface area contributed by atoms with E-state index in [1.807, 2.05) is 39.0 Å². The normalized spacial score (nSPS) is 9.97. The predicted octanol–water partition coefficient (Wildman–Crippen LogP) is 1.78. The van der Waals surface area contributed by atoms with E-state index in [1.165, 1.54) is 0 Å². The first-order chi connectivity index (χ1) is 14.2. The van der Waals surface area contributed by atoms with Crippen LogP contribution >= 0.6 is 12.2 Å². The van der Waals surface area contributed by atoms with Gasteiger partial charge in [0.15, 0.2) is 5.11 Å². The Hall–Kier alpha value is -3.01. The Morgan fingerprint density at radius 3 is 2.30 bits per heavy atom. The molecule has 0 aliphatic heterocycles. The number of ether oxygens (including phenoxy) is 1. The summed E-state index contributed by atoms with van der Waals surface area (Å²) in [6, 6.07) is 5.72. The SMILES string of the molecule is CCCOC(=O)CCC(=O)NC(=S)NNC(=O)CCC(=O)Nc1cc(C)ccc1C. The number of nitrogens with one attached hydrogen (secondary N) is 4. The number of anilines is 1. The Morgan fingerprint density at radius 1 is 0.933 bits per heavy atom. The molecule has 0 radical (unpaired) electrons. The Kier molecular flexibility index (Phi) is 11.1. The molecule has 1 aromatic carbocycles. The van der Waals surface area contributed by atoms with Crippen molar-refractivity contribution in [3.05, 3.63) is 29.3 Å². The molecule has 30 heavy (non-hydrogen) atoms. The third-order valence-electron chi connectivity index (χ3n) is 3.84. The zero-order valence-corrected chi connectivity index (χ0v) is 18.2.